The zero-order valence-corrected chi connectivity index (χ0v) is 14.8. The first-order valence-electron chi connectivity index (χ1n) is 7.50. The van der Waals surface area contributed by atoms with Gasteiger partial charge in [-0.25, -0.2) is 0 Å². The monoisotopic (exact) mass is 364 g/mol. The van der Waals surface area contributed by atoms with Crippen molar-refractivity contribution in [2.24, 2.45) is 0 Å². The first-order chi connectivity index (χ1) is 11.5. The molecule has 0 heterocycles. The molecule has 0 radical (unpaired) electrons. The summed E-state index contributed by atoms with van der Waals surface area (Å²) in [6.45, 7) is 1.85. The molecule has 24 heavy (non-hydrogen) atoms. The summed E-state index contributed by atoms with van der Waals surface area (Å²) in [6, 6.07) is 14.8. The Bertz CT molecular complexity index is 700. The number of benzene rings is 2. The van der Waals surface area contributed by atoms with Gasteiger partial charge in [0, 0.05) is 13.5 Å². The number of carbonyl (C=O) groups excluding carboxylic acids is 2. The predicted octanol–water partition coefficient (Wildman–Crippen LogP) is 4.02. The number of amides is 2. The average molecular weight is 365 g/mol. The topological polar surface area (TPSA) is 49.4 Å². The standard InChI is InChI=1S/C18H18Cl2N2O2/c1-13(23)22(11-10-14-6-3-2-4-7-14)12-17(24)21-18-15(19)8-5-9-16(18)20/h2-9H,10-12H2,1H3,(H,21,24). The normalized spacial score (nSPS) is 10.3. The van der Waals surface area contributed by atoms with E-state index in [-0.39, 0.29) is 18.4 Å². The molecule has 0 aliphatic heterocycles. The van der Waals surface area contributed by atoms with Gasteiger partial charge in [-0.1, -0.05) is 59.6 Å². The third kappa shape index (κ3) is 5.25. The summed E-state index contributed by atoms with van der Waals surface area (Å²) in [7, 11) is 0. The molecule has 0 fully saturated rings. The van der Waals surface area contributed by atoms with Gasteiger partial charge in [-0.05, 0) is 24.1 Å². The van der Waals surface area contributed by atoms with Crippen LogP contribution in [0.1, 0.15) is 12.5 Å². The minimum atomic E-state index is -0.340. The number of anilines is 1. The van der Waals surface area contributed by atoms with Gasteiger partial charge in [-0.2, -0.15) is 0 Å². The number of hydrogen-bond acceptors (Lipinski definition) is 2. The van der Waals surface area contributed by atoms with Gasteiger partial charge in [0.05, 0.1) is 22.3 Å². The van der Waals surface area contributed by atoms with Crippen LogP contribution in [0.25, 0.3) is 0 Å². The van der Waals surface area contributed by atoms with Crippen molar-refractivity contribution >= 4 is 40.7 Å². The molecule has 0 aliphatic rings. The van der Waals surface area contributed by atoms with Crippen LogP contribution in [-0.2, 0) is 16.0 Å². The van der Waals surface area contributed by atoms with Crippen LogP contribution in [0.3, 0.4) is 0 Å². The number of nitrogens with zero attached hydrogens (tertiary/aromatic N) is 1. The zero-order valence-electron chi connectivity index (χ0n) is 13.3. The third-order valence-corrected chi connectivity index (χ3v) is 4.15. The lowest BCUT2D eigenvalue weighted by Gasteiger charge is -2.21. The lowest BCUT2D eigenvalue weighted by atomic mass is 10.1. The van der Waals surface area contributed by atoms with E-state index in [1.807, 2.05) is 30.3 Å². The van der Waals surface area contributed by atoms with Crippen LogP contribution < -0.4 is 5.32 Å². The average Bonchev–Trinajstić information content (AvgIpc) is 2.55. The second kappa shape index (κ2) is 8.71. The Morgan fingerprint density at radius 2 is 1.62 bits per heavy atom. The van der Waals surface area contributed by atoms with Crippen LogP contribution in [0.4, 0.5) is 5.69 Å². The van der Waals surface area contributed by atoms with E-state index in [1.165, 1.54) is 11.8 Å². The number of carbonyl (C=O) groups is 2. The summed E-state index contributed by atoms with van der Waals surface area (Å²) in [6.07, 6.45) is 0.681. The van der Waals surface area contributed by atoms with Crippen LogP contribution in [-0.4, -0.2) is 29.8 Å². The largest absolute Gasteiger partial charge is 0.333 e. The first kappa shape index (κ1) is 18.3. The van der Waals surface area contributed by atoms with E-state index in [1.54, 1.807) is 18.2 Å². The number of para-hydroxylation sites is 1. The van der Waals surface area contributed by atoms with E-state index < -0.39 is 0 Å². The summed E-state index contributed by atoms with van der Waals surface area (Å²) < 4.78 is 0. The third-order valence-electron chi connectivity index (χ3n) is 3.52. The molecule has 0 aliphatic carbocycles. The molecule has 0 bridgehead atoms. The van der Waals surface area contributed by atoms with Gasteiger partial charge < -0.3 is 10.2 Å². The fraction of sp³-hybridized carbons (Fsp3) is 0.222. The molecule has 0 spiro atoms. The van der Waals surface area contributed by atoms with Gasteiger partial charge in [0.2, 0.25) is 11.8 Å². The molecule has 4 nitrogen and oxygen atoms in total. The molecule has 0 unspecified atom stereocenters. The van der Waals surface area contributed by atoms with Gasteiger partial charge in [-0.3, -0.25) is 9.59 Å². The van der Waals surface area contributed by atoms with E-state index >= 15 is 0 Å². The molecular weight excluding hydrogens is 347 g/mol. The fourth-order valence-electron chi connectivity index (χ4n) is 2.23. The highest BCUT2D eigenvalue weighted by Gasteiger charge is 2.15. The maximum absolute atomic E-state index is 12.2. The van der Waals surface area contributed by atoms with Crippen molar-refractivity contribution < 1.29 is 9.59 Å². The van der Waals surface area contributed by atoms with Crippen molar-refractivity contribution in [2.75, 3.05) is 18.4 Å². The Kier molecular flexibility index (Phi) is 6.64. The van der Waals surface area contributed by atoms with Crippen molar-refractivity contribution in [1.82, 2.24) is 4.90 Å². The summed E-state index contributed by atoms with van der Waals surface area (Å²) in [5.74, 6) is -0.500. The van der Waals surface area contributed by atoms with Gasteiger partial charge in [0.15, 0.2) is 0 Å². The summed E-state index contributed by atoms with van der Waals surface area (Å²) in [5, 5.41) is 3.38. The Balaban J connectivity index is 1.97. The van der Waals surface area contributed by atoms with Crippen LogP contribution in [0, 0.1) is 0 Å². The quantitative estimate of drug-likeness (QED) is 0.841. The SMILES string of the molecule is CC(=O)N(CCc1ccccc1)CC(=O)Nc1c(Cl)cccc1Cl. The van der Waals surface area contributed by atoms with E-state index in [2.05, 4.69) is 5.32 Å². The molecular formula is C18H18Cl2N2O2. The highest BCUT2D eigenvalue weighted by atomic mass is 35.5. The maximum atomic E-state index is 12.2. The van der Waals surface area contributed by atoms with Gasteiger partial charge in [0.1, 0.15) is 0 Å². The molecule has 2 amide bonds. The molecule has 0 saturated heterocycles. The Morgan fingerprint density at radius 1 is 1.00 bits per heavy atom. The van der Waals surface area contributed by atoms with E-state index in [0.29, 0.717) is 28.7 Å². The smallest absolute Gasteiger partial charge is 0.244 e. The predicted molar refractivity (Wildman–Crippen MR) is 97.5 cm³/mol. The Morgan fingerprint density at radius 3 is 2.21 bits per heavy atom. The number of rotatable bonds is 6. The van der Waals surface area contributed by atoms with Crippen molar-refractivity contribution in [3.63, 3.8) is 0 Å². The van der Waals surface area contributed by atoms with Crippen molar-refractivity contribution in [1.29, 1.82) is 0 Å². The highest BCUT2D eigenvalue weighted by molar-refractivity contribution is 6.39. The lowest BCUT2D eigenvalue weighted by Crippen LogP contribution is -2.38. The van der Waals surface area contributed by atoms with Crippen molar-refractivity contribution in [2.45, 2.75) is 13.3 Å². The molecule has 126 valence electrons. The lowest BCUT2D eigenvalue weighted by molar-refractivity contribution is -0.132. The molecule has 2 aromatic rings. The van der Waals surface area contributed by atoms with Crippen LogP contribution in [0.5, 0.6) is 0 Å². The Labute approximate surface area is 151 Å². The van der Waals surface area contributed by atoms with Crippen LogP contribution in [0.15, 0.2) is 48.5 Å². The fourth-order valence-corrected chi connectivity index (χ4v) is 2.72. The molecule has 6 heteroatoms. The van der Waals surface area contributed by atoms with Crippen molar-refractivity contribution in [3.05, 3.63) is 64.1 Å². The second-order valence-electron chi connectivity index (χ2n) is 5.32. The zero-order chi connectivity index (χ0) is 17.5. The number of halogens is 2. The molecule has 0 saturated carbocycles. The molecule has 1 N–H and O–H groups in total. The Hall–Kier alpha value is -2.04. The van der Waals surface area contributed by atoms with Gasteiger partial charge in [-0.15, -0.1) is 0 Å². The minimum Gasteiger partial charge on any atom is -0.333 e. The van der Waals surface area contributed by atoms with Crippen LogP contribution >= 0.6 is 23.2 Å². The number of hydrogen-bond donors (Lipinski definition) is 1. The van der Waals surface area contributed by atoms with Crippen LogP contribution in [0.2, 0.25) is 10.0 Å². The summed E-state index contributed by atoms with van der Waals surface area (Å²) in [4.78, 5) is 25.5. The summed E-state index contributed by atoms with van der Waals surface area (Å²) >= 11 is 12.1. The van der Waals surface area contributed by atoms with Gasteiger partial charge >= 0.3 is 0 Å². The summed E-state index contributed by atoms with van der Waals surface area (Å²) in [5.41, 5.74) is 1.47. The minimum absolute atomic E-state index is 0.0519. The highest BCUT2D eigenvalue weighted by Crippen LogP contribution is 2.29. The number of nitrogens with one attached hydrogen (secondary N) is 1. The van der Waals surface area contributed by atoms with E-state index in [4.69, 9.17) is 23.2 Å². The maximum Gasteiger partial charge on any atom is 0.244 e. The molecule has 2 aromatic carbocycles. The van der Waals surface area contributed by atoms with Crippen molar-refractivity contribution in [3.8, 4) is 0 Å². The van der Waals surface area contributed by atoms with E-state index in [0.717, 1.165) is 5.56 Å². The molecule has 0 atom stereocenters. The first-order valence-corrected chi connectivity index (χ1v) is 8.26. The van der Waals surface area contributed by atoms with E-state index in [9.17, 15) is 9.59 Å². The van der Waals surface area contributed by atoms with Gasteiger partial charge in [0.25, 0.3) is 0 Å². The molecule has 2 rings (SSSR count). The second-order valence-corrected chi connectivity index (χ2v) is 6.14. The molecule has 0 aromatic heterocycles.